The lowest BCUT2D eigenvalue weighted by Crippen LogP contribution is -2.65. The average Bonchev–Trinajstić information content (AvgIpc) is 2.97. The van der Waals surface area contributed by atoms with Gasteiger partial charge < -0.3 is 34.3 Å². The van der Waals surface area contributed by atoms with Gasteiger partial charge in [0.2, 0.25) is 5.79 Å². The highest BCUT2D eigenvalue weighted by Gasteiger charge is 2.84. The van der Waals surface area contributed by atoms with Crippen LogP contribution in [0.15, 0.2) is 71.2 Å². The van der Waals surface area contributed by atoms with Crippen molar-refractivity contribution in [3.8, 4) is 17.2 Å². The highest BCUT2D eigenvalue weighted by atomic mass is 79.9. The number of rotatable bonds is 5. The van der Waals surface area contributed by atoms with E-state index in [0.717, 1.165) is 4.47 Å². The molecule has 1 saturated carbocycles. The molecule has 36 heavy (non-hydrogen) atoms. The fourth-order valence-corrected chi connectivity index (χ4v) is 6.05. The summed E-state index contributed by atoms with van der Waals surface area (Å²) in [4.78, 5) is 13.5. The molecule has 1 fully saturated rings. The van der Waals surface area contributed by atoms with Crippen molar-refractivity contribution in [1.29, 1.82) is 0 Å². The number of halogens is 1. The molecule has 3 aromatic rings. The summed E-state index contributed by atoms with van der Waals surface area (Å²) < 4.78 is 23.4. The maximum Gasteiger partial charge on any atom is 0.312 e. The zero-order chi connectivity index (χ0) is 25.9. The summed E-state index contributed by atoms with van der Waals surface area (Å²) in [6.45, 7) is 0. The molecule has 2 bridgehead atoms. The summed E-state index contributed by atoms with van der Waals surface area (Å²) in [7, 11) is 4.01. The van der Waals surface area contributed by atoms with E-state index < -0.39 is 34.8 Å². The molecule has 3 aromatic carbocycles. The second-order valence-electron chi connectivity index (χ2n) is 8.88. The van der Waals surface area contributed by atoms with Crippen molar-refractivity contribution in [1.82, 2.24) is 0 Å². The molecule has 0 unspecified atom stereocenters. The van der Waals surface area contributed by atoms with Gasteiger partial charge >= 0.3 is 5.97 Å². The van der Waals surface area contributed by atoms with E-state index in [2.05, 4.69) is 15.9 Å². The number of esters is 1. The molecule has 3 N–H and O–H groups in total. The quantitative estimate of drug-likeness (QED) is 0.324. The normalized spacial score (nSPS) is 27.5. The second kappa shape index (κ2) is 8.48. The number of methoxy groups -OCH3 is 3. The Morgan fingerprint density at radius 1 is 0.944 bits per heavy atom. The van der Waals surface area contributed by atoms with Crippen LogP contribution >= 0.6 is 15.9 Å². The minimum atomic E-state index is -3.01. The van der Waals surface area contributed by atoms with E-state index in [1.54, 1.807) is 54.6 Å². The number of ether oxygens (including phenoxy) is 4. The van der Waals surface area contributed by atoms with Crippen LogP contribution in [0.3, 0.4) is 0 Å². The molecule has 9 heteroatoms. The van der Waals surface area contributed by atoms with Crippen LogP contribution in [0, 0.1) is 5.92 Å². The lowest BCUT2D eigenvalue weighted by Gasteiger charge is -2.50. The van der Waals surface area contributed by atoms with Crippen molar-refractivity contribution < 1.29 is 39.1 Å². The number of fused-ring (bicyclic) bond motifs is 4. The molecule has 0 saturated heterocycles. The summed E-state index contributed by atoms with van der Waals surface area (Å²) in [6.07, 6.45) is 0. The molecular formula is C27H25BrO8. The summed E-state index contributed by atoms with van der Waals surface area (Å²) in [5.74, 6) is -5.93. The standard InChI is InChI=1S/C27H25BrO8/c1-33-18-13-19(34-2)22-20(14-18)36-26(16-9-11-17(28)12-10-16)21(15-7-5-4-6-8-15)23(24(29)35-3)25(22,30)27(26,31)32/h4-14,21,23,30-32H,1-3H3/t21-,23+,25+,26+/m1/s1. The first-order chi connectivity index (χ1) is 17.2. The Hall–Kier alpha value is -3.11. The summed E-state index contributed by atoms with van der Waals surface area (Å²) >= 11 is 3.41. The van der Waals surface area contributed by atoms with E-state index in [9.17, 15) is 20.1 Å². The molecule has 1 aliphatic heterocycles. The van der Waals surface area contributed by atoms with Crippen LogP contribution in [0.4, 0.5) is 0 Å². The molecule has 2 aliphatic rings. The number of hydrogen-bond donors (Lipinski definition) is 3. The smallest absolute Gasteiger partial charge is 0.312 e. The van der Waals surface area contributed by atoms with Gasteiger partial charge in [0.15, 0.2) is 11.2 Å². The lowest BCUT2D eigenvalue weighted by molar-refractivity contribution is -0.341. The predicted octanol–water partition coefficient (Wildman–Crippen LogP) is 3.21. The molecule has 0 spiro atoms. The fraction of sp³-hybridized carbons (Fsp3) is 0.296. The molecule has 0 aromatic heterocycles. The number of aliphatic hydroxyl groups is 3. The molecule has 4 atom stereocenters. The van der Waals surface area contributed by atoms with Crippen molar-refractivity contribution in [3.05, 3.63) is 87.9 Å². The van der Waals surface area contributed by atoms with Gasteiger partial charge in [0, 0.05) is 22.2 Å². The van der Waals surface area contributed by atoms with E-state index in [0.29, 0.717) is 16.9 Å². The summed E-state index contributed by atoms with van der Waals surface area (Å²) in [6, 6.07) is 18.6. The van der Waals surface area contributed by atoms with E-state index in [4.69, 9.17) is 18.9 Å². The maximum atomic E-state index is 13.5. The SMILES string of the molecule is COC(=O)[C@@H]1[C@@H](c2ccccc2)[C@]2(c3ccc(Br)cc3)Oc3cc(OC)cc(OC)c3[C@@]1(O)C2(O)O. The molecule has 5 rings (SSSR count). The van der Waals surface area contributed by atoms with E-state index in [-0.39, 0.29) is 17.1 Å². The van der Waals surface area contributed by atoms with Gasteiger partial charge in [-0.15, -0.1) is 0 Å². The van der Waals surface area contributed by atoms with Crippen molar-refractivity contribution in [2.45, 2.75) is 22.9 Å². The topological polar surface area (TPSA) is 115 Å². The van der Waals surface area contributed by atoms with Crippen molar-refractivity contribution in [2.24, 2.45) is 5.92 Å². The van der Waals surface area contributed by atoms with Crippen molar-refractivity contribution in [3.63, 3.8) is 0 Å². The zero-order valence-corrected chi connectivity index (χ0v) is 21.4. The number of carbonyl (C=O) groups excluding carboxylic acids is 1. The molecule has 1 heterocycles. The van der Waals surface area contributed by atoms with Gasteiger partial charge in [-0.2, -0.15) is 0 Å². The van der Waals surface area contributed by atoms with Crippen LogP contribution in [-0.4, -0.2) is 48.4 Å². The highest BCUT2D eigenvalue weighted by Crippen LogP contribution is 2.71. The van der Waals surface area contributed by atoms with E-state index in [1.165, 1.54) is 33.5 Å². The van der Waals surface area contributed by atoms with Crippen molar-refractivity contribution in [2.75, 3.05) is 21.3 Å². The number of benzene rings is 3. The second-order valence-corrected chi connectivity index (χ2v) is 9.79. The van der Waals surface area contributed by atoms with Gasteiger partial charge in [0.25, 0.3) is 0 Å². The Balaban J connectivity index is 1.95. The molecule has 0 radical (unpaired) electrons. The molecule has 188 valence electrons. The van der Waals surface area contributed by atoms with Gasteiger partial charge in [-0.05, 0) is 17.7 Å². The Morgan fingerprint density at radius 2 is 1.61 bits per heavy atom. The highest BCUT2D eigenvalue weighted by molar-refractivity contribution is 9.10. The summed E-state index contributed by atoms with van der Waals surface area (Å²) in [5, 5.41) is 36.5. The minimum Gasteiger partial charge on any atom is -0.496 e. The van der Waals surface area contributed by atoms with Gasteiger partial charge in [0.05, 0.1) is 32.8 Å². The van der Waals surface area contributed by atoms with Gasteiger partial charge in [-0.3, -0.25) is 4.79 Å². The third-order valence-corrected chi connectivity index (χ3v) is 7.83. The third kappa shape index (κ3) is 3.00. The van der Waals surface area contributed by atoms with Crippen molar-refractivity contribution >= 4 is 21.9 Å². The van der Waals surface area contributed by atoms with Gasteiger partial charge in [-0.25, -0.2) is 0 Å². The monoisotopic (exact) mass is 556 g/mol. The van der Waals surface area contributed by atoms with Gasteiger partial charge in [-0.1, -0.05) is 58.4 Å². The van der Waals surface area contributed by atoms with Crippen LogP contribution in [0.1, 0.15) is 22.6 Å². The third-order valence-electron chi connectivity index (χ3n) is 7.30. The summed E-state index contributed by atoms with van der Waals surface area (Å²) in [5.41, 5.74) is -3.84. The van der Waals surface area contributed by atoms with E-state index in [1.807, 2.05) is 0 Å². The molecule has 1 aliphatic carbocycles. The maximum absolute atomic E-state index is 13.5. The molecule has 0 amide bonds. The minimum absolute atomic E-state index is 0.0614. The predicted molar refractivity (Wildman–Crippen MR) is 132 cm³/mol. The Kier molecular flexibility index (Phi) is 5.79. The number of hydrogen-bond acceptors (Lipinski definition) is 8. The van der Waals surface area contributed by atoms with Crippen LogP contribution < -0.4 is 14.2 Å². The first-order valence-corrected chi connectivity index (χ1v) is 12.0. The van der Waals surface area contributed by atoms with Crippen LogP contribution in [0.2, 0.25) is 0 Å². The molecular weight excluding hydrogens is 532 g/mol. The first kappa shape index (κ1) is 24.6. The largest absolute Gasteiger partial charge is 0.496 e. The van der Waals surface area contributed by atoms with Crippen LogP contribution in [0.5, 0.6) is 17.2 Å². The molecule has 8 nitrogen and oxygen atoms in total. The van der Waals surface area contributed by atoms with Crippen LogP contribution in [-0.2, 0) is 20.7 Å². The Morgan fingerprint density at radius 3 is 2.19 bits per heavy atom. The van der Waals surface area contributed by atoms with E-state index >= 15 is 0 Å². The lowest BCUT2D eigenvalue weighted by atomic mass is 9.74. The Bertz CT molecular complexity index is 1310. The first-order valence-electron chi connectivity index (χ1n) is 11.2. The van der Waals surface area contributed by atoms with Crippen LogP contribution in [0.25, 0.3) is 0 Å². The van der Waals surface area contributed by atoms with Gasteiger partial charge in [0.1, 0.15) is 23.2 Å². The average molecular weight is 557 g/mol. The fourth-order valence-electron chi connectivity index (χ4n) is 5.79. The zero-order valence-electron chi connectivity index (χ0n) is 19.8. The Labute approximate surface area is 216 Å². The number of carbonyl (C=O) groups is 1.